The number of likely N-dealkylation sites (tertiary alicyclic amines) is 1. The van der Waals surface area contributed by atoms with Crippen LogP contribution in [-0.4, -0.2) is 38.2 Å². The van der Waals surface area contributed by atoms with E-state index in [1.165, 1.54) is 19.4 Å². The number of hydrogen-bond acceptors (Lipinski definition) is 5. The van der Waals surface area contributed by atoms with Gasteiger partial charge in [-0.3, -0.25) is 9.59 Å². The smallest absolute Gasteiger partial charge is 0.254 e. The third kappa shape index (κ3) is 3.33. The number of rotatable bonds is 3. The molecule has 3 rings (SSSR count). The van der Waals surface area contributed by atoms with Crippen LogP contribution in [0.15, 0.2) is 36.9 Å². The van der Waals surface area contributed by atoms with Crippen molar-refractivity contribution < 1.29 is 9.59 Å². The zero-order valence-corrected chi connectivity index (χ0v) is 12.8. The Balaban J connectivity index is 1.83. The first kappa shape index (κ1) is 15.1. The number of carbonyl (C=O) groups excluding carboxylic acids is 2. The zero-order valence-electron chi connectivity index (χ0n) is 12.8. The Labute approximate surface area is 133 Å². The van der Waals surface area contributed by atoms with Gasteiger partial charge in [-0.1, -0.05) is 0 Å². The van der Waals surface area contributed by atoms with Crippen LogP contribution in [-0.2, 0) is 4.79 Å². The topological polar surface area (TPSA) is 88.1 Å². The number of nitrogens with one attached hydrogen (secondary N) is 1. The number of pyridine rings is 1. The minimum Gasteiger partial charge on any atom is -0.330 e. The maximum absolute atomic E-state index is 12.8. The molecule has 0 aliphatic carbocycles. The van der Waals surface area contributed by atoms with Crippen LogP contribution in [0.2, 0.25) is 0 Å². The Kier molecular flexibility index (Phi) is 4.27. The van der Waals surface area contributed by atoms with Crippen LogP contribution < -0.4 is 5.32 Å². The molecule has 7 nitrogen and oxygen atoms in total. The Morgan fingerprint density at radius 3 is 2.87 bits per heavy atom. The van der Waals surface area contributed by atoms with E-state index in [0.29, 0.717) is 17.9 Å². The standard InChI is InChI=1S/C16H17N5O2/c1-11(22)20-15-9-12(4-7-18-15)16(23)21-8-2-3-14(21)13-5-6-17-10-19-13/h4-7,9-10,14H,2-3,8H2,1H3,(H,18,20,22). The van der Waals surface area contributed by atoms with Crippen molar-refractivity contribution in [1.82, 2.24) is 19.9 Å². The van der Waals surface area contributed by atoms with Crippen molar-refractivity contribution in [2.75, 3.05) is 11.9 Å². The maximum Gasteiger partial charge on any atom is 0.254 e. The van der Waals surface area contributed by atoms with Gasteiger partial charge >= 0.3 is 0 Å². The van der Waals surface area contributed by atoms with Gasteiger partial charge in [0.05, 0.1) is 11.7 Å². The third-order valence-electron chi connectivity index (χ3n) is 3.77. The molecule has 0 bridgehead atoms. The van der Waals surface area contributed by atoms with E-state index in [1.54, 1.807) is 18.3 Å². The van der Waals surface area contributed by atoms with E-state index in [1.807, 2.05) is 11.0 Å². The summed E-state index contributed by atoms with van der Waals surface area (Å²) < 4.78 is 0. The minimum absolute atomic E-state index is 0.0390. The second kappa shape index (κ2) is 6.51. The summed E-state index contributed by atoms with van der Waals surface area (Å²) in [5.74, 6) is 0.0726. The molecule has 0 radical (unpaired) electrons. The van der Waals surface area contributed by atoms with Crippen molar-refractivity contribution in [3.8, 4) is 0 Å². The molecule has 0 saturated carbocycles. The van der Waals surface area contributed by atoms with Crippen molar-refractivity contribution in [2.24, 2.45) is 0 Å². The third-order valence-corrected chi connectivity index (χ3v) is 3.77. The summed E-state index contributed by atoms with van der Waals surface area (Å²) in [7, 11) is 0. The first-order valence-electron chi connectivity index (χ1n) is 7.45. The molecule has 1 atom stereocenters. The van der Waals surface area contributed by atoms with Crippen LogP contribution in [0.25, 0.3) is 0 Å². The van der Waals surface area contributed by atoms with Gasteiger partial charge in [-0.2, -0.15) is 0 Å². The van der Waals surface area contributed by atoms with Crippen molar-refractivity contribution in [1.29, 1.82) is 0 Å². The van der Waals surface area contributed by atoms with E-state index in [2.05, 4.69) is 20.3 Å². The lowest BCUT2D eigenvalue weighted by atomic mass is 10.1. The van der Waals surface area contributed by atoms with Crippen molar-refractivity contribution in [3.05, 3.63) is 48.2 Å². The number of aromatic nitrogens is 3. The summed E-state index contributed by atoms with van der Waals surface area (Å²) in [6.07, 6.45) is 6.52. The largest absolute Gasteiger partial charge is 0.330 e. The summed E-state index contributed by atoms with van der Waals surface area (Å²) >= 11 is 0. The summed E-state index contributed by atoms with van der Waals surface area (Å²) in [5.41, 5.74) is 1.35. The Morgan fingerprint density at radius 2 is 2.13 bits per heavy atom. The van der Waals surface area contributed by atoms with Crippen LogP contribution in [0, 0.1) is 0 Å². The zero-order chi connectivity index (χ0) is 16.2. The average Bonchev–Trinajstić information content (AvgIpc) is 3.04. The molecule has 2 aromatic rings. The Bertz CT molecular complexity index is 719. The van der Waals surface area contributed by atoms with E-state index < -0.39 is 0 Å². The second-order valence-corrected chi connectivity index (χ2v) is 5.40. The van der Waals surface area contributed by atoms with Gasteiger partial charge in [-0.15, -0.1) is 0 Å². The van der Waals surface area contributed by atoms with Gasteiger partial charge in [-0.25, -0.2) is 15.0 Å². The lowest BCUT2D eigenvalue weighted by molar-refractivity contribution is -0.114. The summed E-state index contributed by atoms with van der Waals surface area (Å²) in [6, 6.07) is 5.05. The number of amides is 2. The van der Waals surface area contributed by atoms with Crippen LogP contribution >= 0.6 is 0 Å². The van der Waals surface area contributed by atoms with Crippen molar-refractivity contribution >= 4 is 17.6 Å². The highest BCUT2D eigenvalue weighted by molar-refractivity contribution is 5.96. The Hall–Kier alpha value is -2.83. The number of nitrogens with zero attached hydrogens (tertiary/aromatic N) is 4. The van der Waals surface area contributed by atoms with E-state index in [-0.39, 0.29) is 17.9 Å². The number of hydrogen-bond donors (Lipinski definition) is 1. The molecule has 118 valence electrons. The first-order chi connectivity index (χ1) is 11.1. The van der Waals surface area contributed by atoms with Gasteiger partial charge in [-0.05, 0) is 31.0 Å². The van der Waals surface area contributed by atoms with Gasteiger partial charge in [0.2, 0.25) is 5.91 Å². The quantitative estimate of drug-likeness (QED) is 0.934. The summed E-state index contributed by atoms with van der Waals surface area (Å²) in [6.45, 7) is 2.09. The normalized spacial score (nSPS) is 17.1. The van der Waals surface area contributed by atoms with Gasteiger partial charge in [0.25, 0.3) is 5.91 Å². The number of carbonyl (C=O) groups is 2. The highest BCUT2D eigenvalue weighted by atomic mass is 16.2. The second-order valence-electron chi connectivity index (χ2n) is 5.40. The van der Waals surface area contributed by atoms with E-state index in [0.717, 1.165) is 18.5 Å². The van der Waals surface area contributed by atoms with Crippen LogP contribution in [0.3, 0.4) is 0 Å². The number of anilines is 1. The molecular formula is C16H17N5O2. The van der Waals surface area contributed by atoms with Gasteiger partial charge in [0.1, 0.15) is 12.1 Å². The summed E-state index contributed by atoms with van der Waals surface area (Å²) in [4.78, 5) is 38.0. The molecule has 3 heterocycles. The maximum atomic E-state index is 12.8. The average molecular weight is 311 g/mol. The van der Waals surface area contributed by atoms with Crippen LogP contribution in [0.4, 0.5) is 5.82 Å². The van der Waals surface area contributed by atoms with Gasteiger partial charge in [0.15, 0.2) is 0 Å². The first-order valence-corrected chi connectivity index (χ1v) is 7.45. The van der Waals surface area contributed by atoms with E-state index in [9.17, 15) is 9.59 Å². The van der Waals surface area contributed by atoms with E-state index in [4.69, 9.17) is 0 Å². The molecule has 2 amide bonds. The van der Waals surface area contributed by atoms with Crippen LogP contribution in [0.5, 0.6) is 0 Å². The monoisotopic (exact) mass is 311 g/mol. The minimum atomic E-state index is -0.220. The molecule has 1 fully saturated rings. The fourth-order valence-corrected chi connectivity index (χ4v) is 2.79. The lowest BCUT2D eigenvalue weighted by Gasteiger charge is -2.24. The van der Waals surface area contributed by atoms with Gasteiger partial charge < -0.3 is 10.2 Å². The molecule has 1 N–H and O–H groups in total. The molecule has 1 saturated heterocycles. The molecule has 1 aliphatic rings. The van der Waals surface area contributed by atoms with E-state index >= 15 is 0 Å². The molecular weight excluding hydrogens is 294 g/mol. The molecule has 0 aromatic carbocycles. The highest BCUT2D eigenvalue weighted by Crippen LogP contribution is 2.31. The molecule has 23 heavy (non-hydrogen) atoms. The Morgan fingerprint density at radius 1 is 1.26 bits per heavy atom. The molecule has 7 heteroatoms. The fraction of sp³-hybridized carbons (Fsp3) is 0.312. The van der Waals surface area contributed by atoms with Crippen LogP contribution in [0.1, 0.15) is 41.9 Å². The lowest BCUT2D eigenvalue weighted by Crippen LogP contribution is -2.31. The predicted molar refractivity (Wildman–Crippen MR) is 83.6 cm³/mol. The van der Waals surface area contributed by atoms with Crippen molar-refractivity contribution in [2.45, 2.75) is 25.8 Å². The fourth-order valence-electron chi connectivity index (χ4n) is 2.79. The molecule has 0 spiro atoms. The summed E-state index contributed by atoms with van der Waals surface area (Å²) in [5, 5.41) is 2.59. The van der Waals surface area contributed by atoms with Crippen molar-refractivity contribution in [3.63, 3.8) is 0 Å². The highest BCUT2D eigenvalue weighted by Gasteiger charge is 2.31. The predicted octanol–water partition coefficient (Wildman–Crippen LogP) is 1.81. The molecule has 1 unspecified atom stereocenters. The SMILES string of the molecule is CC(=O)Nc1cc(C(=O)N2CCCC2c2ccncn2)ccn1. The molecule has 2 aromatic heterocycles. The van der Waals surface area contributed by atoms with Gasteiger partial charge in [0, 0.05) is 31.4 Å². The molecule has 1 aliphatic heterocycles.